The molecule has 1 aliphatic carbocycles. The van der Waals surface area contributed by atoms with Gasteiger partial charge < -0.3 is 15.2 Å². The van der Waals surface area contributed by atoms with E-state index < -0.39 is 0 Å². The minimum absolute atomic E-state index is 0.278. The van der Waals surface area contributed by atoms with E-state index in [0.717, 1.165) is 53.6 Å². The van der Waals surface area contributed by atoms with Crippen molar-refractivity contribution >= 4 is 22.5 Å². The molecule has 2 aliphatic rings. The van der Waals surface area contributed by atoms with Crippen molar-refractivity contribution in [3.05, 3.63) is 54.2 Å². The predicted molar refractivity (Wildman–Crippen MR) is 105 cm³/mol. The van der Waals surface area contributed by atoms with Gasteiger partial charge in [-0.05, 0) is 54.3 Å². The molecule has 0 unspecified atom stereocenters. The summed E-state index contributed by atoms with van der Waals surface area (Å²) in [5.74, 6) is 0.608. The molecule has 1 saturated heterocycles. The zero-order chi connectivity index (χ0) is 18.4. The number of H-pyrrole nitrogens is 1. The molecule has 1 amide bonds. The van der Waals surface area contributed by atoms with Crippen LogP contribution in [0.2, 0.25) is 0 Å². The van der Waals surface area contributed by atoms with Crippen molar-refractivity contribution in [2.75, 3.05) is 18.4 Å². The first kappa shape index (κ1) is 16.0. The molecule has 5 nitrogen and oxygen atoms in total. The molecule has 0 radical (unpaired) electrons. The average molecular weight is 356 g/mol. The lowest BCUT2D eigenvalue weighted by Gasteiger charge is -2.40. The van der Waals surface area contributed by atoms with E-state index in [4.69, 9.17) is 0 Å². The normalized spacial score (nSPS) is 16.8. The fraction of sp³-hybridized carbons (Fsp3) is 0.273. The molecule has 2 heterocycles. The zero-order valence-electron chi connectivity index (χ0n) is 14.9. The molecule has 27 heavy (non-hydrogen) atoms. The lowest BCUT2D eigenvalue weighted by Crippen LogP contribution is -2.57. The molecule has 5 heteroatoms. The summed E-state index contributed by atoms with van der Waals surface area (Å²) in [6.07, 6.45) is 4.05. The van der Waals surface area contributed by atoms with Crippen LogP contribution in [0.4, 0.5) is 5.69 Å². The van der Waals surface area contributed by atoms with Crippen LogP contribution in [-0.4, -0.2) is 34.9 Å². The van der Waals surface area contributed by atoms with E-state index in [2.05, 4.69) is 34.6 Å². The van der Waals surface area contributed by atoms with Gasteiger partial charge in [0.1, 0.15) is 0 Å². The highest BCUT2D eigenvalue weighted by atomic mass is 16.2. The number of fused-ring (bicyclic) bond motifs is 1. The van der Waals surface area contributed by atoms with Gasteiger partial charge in [-0.15, -0.1) is 0 Å². The number of nitrogens with one attached hydrogen (secondary N) is 2. The molecule has 0 spiro atoms. The second-order valence-electron chi connectivity index (χ2n) is 7.52. The summed E-state index contributed by atoms with van der Waals surface area (Å²) in [5, 5.41) is 13.9. The molecule has 5 rings (SSSR count). The number of rotatable bonds is 4. The Morgan fingerprint density at radius 3 is 2.78 bits per heavy atom. The number of aromatic amines is 1. The predicted octanol–water partition coefficient (Wildman–Crippen LogP) is 3.74. The number of carbonyl (C=O) groups is 1. The van der Waals surface area contributed by atoms with E-state index >= 15 is 0 Å². The maximum absolute atomic E-state index is 12.1. The van der Waals surface area contributed by atoms with Gasteiger partial charge in [0.25, 0.3) is 0 Å². The second-order valence-corrected chi connectivity index (χ2v) is 7.52. The number of nitriles is 1. The molecule has 0 bridgehead atoms. The van der Waals surface area contributed by atoms with Crippen LogP contribution in [0.5, 0.6) is 0 Å². The third-order valence-corrected chi connectivity index (χ3v) is 5.46. The van der Waals surface area contributed by atoms with Crippen LogP contribution < -0.4 is 5.32 Å². The number of hydrogen-bond acceptors (Lipinski definition) is 3. The number of aromatic nitrogens is 1. The van der Waals surface area contributed by atoms with Gasteiger partial charge in [0.05, 0.1) is 28.9 Å². The monoisotopic (exact) mass is 356 g/mol. The number of hydrogen-bond donors (Lipinski definition) is 2. The lowest BCUT2D eigenvalue weighted by atomic mass is 10.00. The fourth-order valence-electron chi connectivity index (χ4n) is 3.78. The van der Waals surface area contributed by atoms with Crippen molar-refractivity contribution < 1.29 is 4.79 Å². The van der Waals surface area contributed by atoms with E-state index in [1.54, 1.807) is 0 Å². The number of carbonyl (C=O) groups excluding carboxylic acids is 1. The number of anilines is 1. The fourth-order valence-corrected chi connectivity index (χ4v) is 3.78. The van der Waals surface area contributed by atoms with Gasteiger partial charge in [-0.2, -0.15) is 5.26 Å². The Balaban J connectivity index is 1.41. The number of benzene rings is 2. The maximum Gasteiger partial charge on any atom is 0.225 e. The molecule has 2 fully saturated rings. The van der Waals surface area contributed by atoms with E-state index in [1.807, 2.05) is 35.4 Å². The van der Waals surface area contributed by atoms with E-state index in [0.29, 0.717) is 11.5 Å². The Morgan fingerprint density at radius 2 is 2.00 bits per heavy atom. The molecule has 1 aliphatic heterocycles. The van der Waals surface area contributed by atoms with Crippen molar-refractivity contribution in [3.8, 4) is 17.2 Å². The van der Waals surface area contributed by atoms with Crippen LogP contribution in [-0.2, 0) is 4.79 Å². The standard InChI is InChI=1S/C22H20N4O/c23-11-14-2-1-3-16(8-14)18-9-17-6-7-24-21(17)20(10-18)25-19-12-26(13-19)22(27)15-4-5-15/h1-3,6-10,15,19,24-25H,4-5,12-13H2. The third kappa shape index (κ3) is 2.93. The van der Waals surface area contributed by atoms with Crippen LogP contribution in [0.1, 0.15) is 18.4 Å². The van der Waals surface area contributed by atoms with Crippen molar-refractivity contribution in [2.24, 2.45) is 5.92 Å². The number of likely N-dealkylation sites (tertiary alicyclic amines) is 1. The highest BCUT2D eigenvalue weighted by Crippen LogP contribution is 2.34. The number of amides is 1. The topological polar surface area (TPSA) is 71.9 Å². The van der Waals surface area contributed by atoms with Crippen LogP contribution in [0, 0.1) is 17.2 Å². The first-order chi connectivity index (χ1) is 13.2. The molecule has 0 atom stereocenters. The van der Waals surface area contributed by atoms with Crippen LogP contribution in [0.25, 0.3) is 22.0 Å². The Labute approximate surface area is 157 Å². The zero-order valence-corrected chi connectivity index (χ0v) is 14.9. The van der Waals surface area contributed by atoms with Gasteiger partial charge in [-0.1, -0.05) is 12.1 Å². The first-order valence-corrected chi connectivity index (χ1v) is 9.38. The van der Waals surface area contributed by atoms with E-state index in [-0.39, 0.29) is 12.0 Å². The van der Waals surface area contributed by atoms with Crippen molar-refractivity contribution in [3.63, 3.8) is 0 Å². The van der Waals surface area contributed by atoms with Crippen LogP contribution >= 0.6 is 0 Å². The summed E-state index contributed by atoms with van der Waals surface area (Å²) in [7, 11) is 0. The highest BCUT2D eigenvalue weighted by molar-refractivity contribution is 5.95. The Morgan fingerprint density at radius 1 is 1.15 bits per heavy atom. The van der Waals surface area contributed by atoms with E-state index in [9.17, 15) is 10.1 Å². The molecular formula is C22H20N4O. The minimum Gasteiger partial charge on any atom is -0.377 e. The molecule has 134 valence electrons. The molecule has 1 aromatic heterocycles. The summed E-state index contributed by atoms with van der Waals surface area (Å²) in [6.45, 7) is 1.54. The second kappa shape index (κ2) is 6.17. The maximum atomic E-state index is 12.1. The van der Waals surface area contributed by atoms with Gasteiger partial charge in [0.2, 0.25) is 5.91 Å². The Kier molecular flexibility index (Phi) is 3.64. The SMILES string of the molecule is N#Cc1cccc(-c2cc(NC3CN(C(=O)C4CC4)C3)c3[nH]ccc3c2)c1. The first-order valence-electron chi connectivity index (χ1n) is 9.38. The lowest BCUT2D eigenvalue weighted by molar-refractivity contribution is -0.136. The summed E-state index contributed by atoms with van der Waals surface area (Å²) in [5.41, 5.74) is 4.87. The van der Waals surface area contributed by atoms with Gasteiger partial charge in [0.15, 0.2) is 0 Å². The Hall–Kier alpha value is -3.26. The van der Waals surface area contributed by atoms with Crippen molar-refractivity contribution in [1.29, 1.82) is 5.26 Å². The van der Waals surface area contributed by atoms with E-state index in [1.165, 1.54) is 0 Å². The molecule has 2 N–H and O–H groups in total. The largest absolute Gasteiger partial charge is 0.377 e. The van der Waals surface area contributed by atoms with Gasteiger partial charge in [-0.3, -0.25) is 4.79 Å². The van der Waals surface area contributed by atoms with Crippen molar-refractivity contribution in [1.82, 2.24) is 9.88 Å². The molecular weight excluding hydrogens is 336 g/mol. The highest BCUT2D eigenvalue weighted by Gasteiger charge is 2.39. The summed E-state index contributed by atoms with van der Waals surface area (Å²) < 4.78 is 0. The summed E-state index contributed by atoms with van der Waals surface area (Å²) in [4.78, 5) is 17.4. The summed E-state index contributed by atoms with van der Waals surface area (Å²) >= 11 is 0. The minimum atomic E-state index is 0.278. The molecule has 3 aromatic rings. The van der Waals surface area contributed by atoms with Crippen LogP contribution in [0.3, 0.4) is 0 Å². The Bertz CT molecular complexity index is 1070. The summed E-state index contributed by atoms with van der Waals surface area (Å²) in [6, 6.07) is 16.5. The molecule has 1 saturated carbocycles. The van der Waals surface area contributed by atoms with Crippen LogP contribution in [0.15, 0.2) is 48.7 Å². The van der Waals surface area contributed by atoms with Gasteiger partial charge in [0, 0.05) is 30.6 Å². The van der Waals surface area contributed by atoms with Gasteiger partial charge in [-0.25, -0.2) is 0 Å². The third-order valence-electron chi connectivity index (χ3n) is 5.46. The average Bonchev–Trinajstić information content (AvgIpc) is 3.41. The smallest absolute Gasteiger partial charge is 0.225 e. The molecule has 2 aromatic carbocycles. The van der Waals surface area contributed by atoms with Crippen molar-refractivity contribution in [2.45, 2.75) is 18.9 Å². The quantitative estimate of drug-likeness (QED) is 0.748. The number of nitrogens with zero attached hydrogens (tertiary/aromatic N) is 2. The van der Waals surface area contributed by atoms with Gasteiger partial charge >= 0.3 is 0 Å².